The average Bonchev–Trinajstić information content (AvgIpc) is 3.17. The molecule has 0 spiro atoms. The number of carbonyl (C=O) groups is 1. The first-order valence-electron chi connectivity index (χ1n) is 10.2. The Kier molecular flexibility index (Phi) is 6.95. The van der Waals surface area contributed by atoms with Gasteiger partial charge in [0.1, 0.15) is 5.82 Å². The van der Waals surface area contributed by atoms with Gasteiger partial charge in [-0.15, -0.1) is 0 Å². The molecule has 164 valence electrons. The van der Waals surface area contributed by atoms with Crippen LogP contribution >= 0.6 is 0 Å². The first-order valence-corrected chi connectivity index (χ1v) is 12.1. The lowest BCUT2D eigenvalue weighted by Crippen LogP contribution is -2.24. The number of amides is 1. The molecule has 0 bridgehead atoms. The molecular formula is C24H27FN2O3S. The van der Waals surface area contributed by atoms with Crippen LogP contribution in [0.25, 0.3) is 16.8 Å². The third kappa shape index (κ3) is 5.61. The van der Waals surface area contributed by atoms with Crippen LogP contribution in [0.5, 0.6) is 0 Å². The molecule has 0 aliphatic carbocycles. The molecule has 5 nitrogen and oxygen atoms in total. The van der Waals surface area contributed by atoms with Gasteiger partial charge in [0.2, 0.25) is 5.91 Å². The minimum atomic E-state index is -3.45. The summed E-state index contributed by atoms with van der Waals surface area (Å²) in [4.78, 5) is 11.8. The van der Waals surface area contributed by atoms with Crippen molar-refractivity contribution in [3.8, 4) is 16.8 Å². The number of nitrogens with one attached hydrogen (secondary N) is 1. The fourth-order valence-electron chi connectivity index (χ4n) is 3.48. The molecule has 0 aliphatic heterocycles. The van der Waals surface area contributed by atoms with Crippen LogP contribution in [0.2, 0.25) is 0 Å². The highest BCUT2D eigenvalue weighted by atomic mass is 32.2. The van der Waals surface area contributed by atoms with Crippen molar-refractivity contribution in [2.45, 2.75) is 38.0 Å². The molecule has 2 aromatic carbocycles. The molecule has 1 aromatic heterocycles. The van der Waals surface area contributed by atoms with E-state index in [-0.39, 0.29) is 16.6 Å². The quantitative estimate of drug-likeness (QED) is 0.560. The third-order valence-electron chi connectivity index (χ3n) is 5.18. The maximum Gasteiger partial charge on any atom is 0.219 e. The molecule has 1 heterocycles. The summed E-state index contributed by atoms with van der Waals surface area (Å²) in [6, 6.07) is 11.3. The molecule has 0 fully saturated rings. The second-order valence-electron chi connectivity index (χ2n) is 7.67. The Labute approximate surface area is 182 Å². The summed E-state index contributed by atoms with van der Waals surface area (Å²) in [5, 5.41) is 2.90. The van der Waals surface area contributed by atoms with E-state index in [1.54, 1.807) is 24.3 Å². The van der Waals surface area contributed by atoms with Gasteiger partial charge in [-0.3, -0.25) is 4.79 Å². The van der Waals surface area contributed by atoms with Gasteiger partial charge in [-0.1, -0.05) is 19.1 Å². The standard InChI is InChI=1S/C24H27FN2O3S/c1-4-5-24(28)26-12-10-18-11-13-27(16-18)23-15-21(31(3,29)30)14-22(17(23)2)19-6-8-20(25)9-7-19/h6-9,11,13-16H,4-5,10,12H2,1-3H3,(H,26,28). The van der Waals surface area contributed by atoms with Crippen molar-refractivity contribution in [3.05, 3.63) is 71.8 Å². The van der Waals surface area contributed by atoms with E-state index in [4.69, 9.17) is 0 Å². The van der Waals surface area contributed by atoms with Crippen LogP contribution in [0.1, 0.15) is 30.9 Å². The monoisotopic (exact) mass is 442 g/mol. The molecule has 0 saturated carbocycles. The van der Waals surface area contributed by atoms with E-state index in [2.05, 4.69) is 5.32 Å². The summed E-state index contributed by atoms with van der Waals surface area (Å²) in [5.41, 5.74) is 4.14. The van der Waals surface area contributed by atoms with Crippen molar-refractivity contribution in [2.24, 2.45) is 0 Å². The maximum absolute atomic E-state index is 13.4. The summed E-state index contributed by atoms with van der Waals surface area (Å²) in [6.45, 7) is 4.43. The number of benzene rings is 2. The number of sulfone groups is 1. The summed E-state index contributed by atoms with van der Waals surface area (Å²) in [5.74, 6) is -0.301. The Morgan fingerprint density at radius 1 is 1.13 bits per heavy atom. The van der Waals surface area contributed by atoms with E-state index < -0.39 is 9.84 Å². The van der Waals surface area contributed by atoms with Crippen molar-refractivity contribution in [3.63, 3.8) is 0 Å². The van der Waals surface area contributed by atoms with E-state index >= 15 is 0 Å². The highest BCUT2D eigenvalue weighted by Crippen LogP contribution is 2.32. The third-order valence-corrected chi connectivity index (χ3v) is 6.27. The highest BCUT2D eigenvalue weighted by molar-refractivity contribution is 7.90. The highest BCUT2D eigenvalue weighted by Gasteiger charge is 2.16. The van der Waals surface area contributed by atoms with Crippen molar-refractivity contribution < 1.29 is 17.6 Å². The van der Waals surface area contributed by atoms with Gasteiger partial charge in [-0.25, -0.2) is 12.8 Å². The molecule has 0 atom stereocenters. The Bertz CT molecular complexity index is 1180. The predicted octanol–water partition coefficient (Wildman–Crippen LogP) is 4.45. The van der Waals surface area contributed by atoms with Crippen LogP contribution in [-0.2, 0) is 21.1 Å². The Morgan fingerprint density at radius 2 is 1.84 bits per heavy atom. The van der Waals surface area contributed by atoms with Gasteiger partial charge in [0.05, 0.1) is 4.90 Å². The summed E-state index contributed by atoms with van der Waals surface area (Å²) >= 11 is 0. The molecule has 1 amide bonds. The molecule has 3 rings (SSSR count). The first kappa shape index (κ1) is 22.7. The van der Waals surface area contributed by atoms with Crippen molar-refractivity contribution >= 4 is 15.7 Å². The van der Waals surface area contributed by atoms with Gasteiger partial charge >= 0.3 is 0 Å². The molecule has 31 heavy (non-hydrogen) atoms. The smallest absolute Gasteiger partial charge is 0.219 e. The number of hydrogen-bond acceptors (Lipinski definition) is 3. The zero-order valence-electron chi connectivity index (χ0n) is 18.0. The Hall–Kier alpha value is -2.93. The topological polar surface area (TPSA) is 68.2 Å². The van der Waals surface area contributed by atoms with E-state index in [0.29, 0.717) is 19.4 Å². The van der Waals surface area contributed by atoms with Gasteiger partial charge in [0, 0.05) is 37.3 Å². The largest absolute Gasteiger partial charge is 0.356 e. The normalized spacial score (nSPS) is 11.5. The van der Waals surface area contributed by atoms with Crippen LogP contribution in [0.3, 0.4) is 0 Å². The molecule has 0 unspecified atom stereocenters. The van der Waals surface area contributed by atoms with Crippen molar-refractivity contribution in [2.75, 3.05) is 12.8 Å². The summed E-state index contributed by atoms with van der Waals surface area (Å²) < 4.78 is 39.9. The molecule has 0 aliphatic rings. The van der Waals surface area contributed by atoms with Crippen LogP contribution in [0.15, 0.2) is 59.8 Å². The molecular weight excluding hydrogens is 415 g/mol. The number of halogens is 1. The minimum absolute atomic E-state index is 0.0440. The number of carbonyl (C=O) groups excluding carboxylic acids is 1. The number of aromatic nitrogens is 1. The summed E-state index contributed by atoms with van der Waals surface area (Å²) in [7, 11) is -3.45. The van der Waals surface area contributed by atoms with E-state index in [0.717, 1.165) is 34.4 Å². The van der Waals surface area contributed by atoms with Gasteiger partial charge in [0.25, 0.3) is 0 Å². The van der Waals surface area contributed by atoms with Gasteiger partial charge in [0.15, 0.2) is 9.84 Å². The SMILES string of the molecule is CCCC(=O)NCCc1ccn(-c2cc(S(C)(=O)=O)cc(-c3ccc(F)cc3)c2C)c1. The van der Waals surface area contributed by atoms with E-state index in [9.17, 15) is 17.6 Å². The van der Waals surface area contributed by atoms with Crippen LogP contribution < -0.4 is 5.32 Å². The van der Waals surface area contributed by atoms with Gasteiger partial charge in [-0.05, 0) is 72.4 Å². The average molecular weight is 443 g/mol. The maximum atomic E-state index is 13.4. The van der Waals surface area contributed by atoms with E-state index in [1.807, 2.05) is 36.9 Å². The fraction of sp³-hybridized carbons (Fsp3) is 0.292. The summed E-state index contributed by atoms with van der Waals surface area (Å²) in [6.07, 6.45) is 7.01. The molecule has 1 N–H and O–H groups in total. The molecule has 0 saturated heterocycles. The Balaban J connectivity index is 1.95. The molecule has 3 aromatic rings. The lowest BCUT2D eigenvalue weighted by atomic mass is 9.99. The predicted molar refractivity (Wildman–Crippen MR) is 121 cm³/mol. The lowest BCUT2D eigenvalue weighted by molar-refractivity contribution is -0.121. The van der Waals surface area contributed by atoms with Crippen LogP contribution in [0.4, 0.5) is 4.39 Å². The molecule has 7 heteroatoms. The zero-order valence-corrected chi connectivity index (χ0v) is 18.8. The van der Waals surface area contributed by atoms with Crippen LogP contribution in [-0.4, -0.2) is 31.7 Å². The molecule has 0 radical (unpaired) electrons. The number of hydrogen-bond donors (Lipinski definition) is 1. The second kappa shape index (κ2) is 9.47. The zero-order chi connectivity index (χ0) is 22.6. The number of rotatable bonds is 8. The lowest BCUT2D eigenvalue weighted by Gasteiger charge is -2.15. The Morgan fingerprint density at radius 3 is 2.48 bits per heavy atom. The second-order valence-corrected chi connectivity index (χ2v) is 9.69. The van der Waals surface area contributed by atoms with Crippen molar-refractivity contribution in [1.82, 2.24) is 9.88 Å². The fourth-order valence-corrected chi connectivity index (χ4v) is 4.14. The van der Waals surface area contributed by atoms with Crippen LogP contribution in [0, 0.1) is 12.7 Å². The van der Waals surface area contributed by atoms with Gasteiger partial charge in [-0.2, -0.15) is 0 Å². The number of nitrogens with zero attached hydrogens (tertiary/aromatic N) is 1. The van der Waals surface area contributed by atoms with Crippen molar-refractivity contribution in [1.29, 1.82) is 0 Å². The van der Waals surface area contributed by atoms with E-state index in [1.165, 1.54) is 18.4 Å². The first-order chi connectivity index (χ1) is 14.7. The van der Waals surface area contributed by atoms with Gasteiger partial charge < -0.3 is 9.88 Å². The minimum Gasteiger partial charge on any atom is -0.356 e.